The molecule has 0 aliphatic heterocycles. The molecule has 0 spiro atoms. The summed E-state index contributed by atoms with van der Waals surface area (Å²) in [6, 6.07) is 7.43. The van der Waals surface area contributed by atoms with Gasteiger partial charge in [0.1, 0.15) is 5.75 Å². The highest BCUT2D eigenvalue weighted by Crippen LogP contribution is 2.17. The average molecular weight is 358 g/mol. The van der Waals surface area contributed by atoms with Crippen molar-refractivity contribution in [3.63, 3.8) is 0 Å². The van der Waals surface area contributed by atoms with Crippen LogP contribution in [0.5, 0.6) is 5.75 Å². The number of carboxylic acid groups (broad SMARTS) is 1. The van der Waals surface area contributed by atoms with Crippen molar-refractivity contribution in [1.82, 2.24) is 5.32 Å². The number of benzene rings is 1. The topological polar surface area (TPSA) is 75.6 Å². The summed E-state index contributed by atoms with van der Waals surface area (Å²) in [6.07, 6.45) is 1.50. The molecule has 0 fully saturated rings. The quantitative estimate of drug-likeness (QED) is 0.666. The largest absolute Gasteiger partial charge is 0.493 e. The molecule has 1 atom stereocenters. The number of hydrogen-bond donors (Lipinski definition) is 2. The molecule has 6 heteroatoms. The van der Waals surface area contributed by atoms with Crippen LogP contribution in [-0.4, -0.2) is 30.1 Å². The van der Waals surface area contributed by atoms with Crippen molar-refractivity contribution in [3.8, 4) is 5.75 Å². The lowest BCUT2D eigenvalue weighted by atomic mass is 10.1. The first-order valence-corrected chi connectivity index (χ1v) is 7.66. The minimum atomic E-state index is -0.802. The SMILES string of the molecule is CC(CCCNC(=O)CCOc1cccc(Br)c1)C(=O)O. The summed E-state index contributed by atoms with van der Waals surface area (Å²) in [4.78, 5) is 22.2. The summed E-state index contributed by atoms with van der Waals surface area (Å²) < 4.78 is 6.39. The molecule has 0 saturated carbocycles. The van der Waals surface area contributed by atoms with Gasteiger partial charge in [0, 0.05) is 11.0 Å². The highest BCUT2D eigenvalue weighted by molar-refractivity contribution is 9.10. The van der Waals surface area contributed by atoms with Gasteiger partial charge in [-0.15, -0.1) is 0 Å². The average Bonchev–Trinajstić information content (AvgIpc) is 2.43. The molecule has 0 aromatic heterocycles. The number of amides is 1. The van der Waals surface area contributed by atoms with Crippen LogP contribution < -0.4 is 10.1 Å². The van der Waals surface area contributed by atoms with Crippen molar-refractivity contribution >= 4 is 27.8 Å². The van der Waals surface area contributed by atoms with Crippen molar-refractivity contribution < 1.29 is 19.4 Å². The van der Waals surface area contributed by atoms with E-state index >= 15 is 0 Å². The van der Waals surface area contributed by atoms with E-state index in [9.17, 15) is 9.59 Å². The van der Waals surface area contributed by atoms with Gasteiger partial charge in [0.25, 0.3) is 0 Å². The summed E-state index contributed by atoms with van der Waals surface area (Å²) in [7, 11) is 0. The summed E-state index contributed by atoms with van der Waals surface area (Å²) in [5, 5.41) is 11.5. The molecule has 1 aromatic rings. The zero-order valence-corrected chi connectivity index (χ0v) is 13.6. The third-order valence-corrected chi connectivity index (χ3v) is 3.44. The van der Waals surface area contributed by atoms with Crippen LogP contribution in [0.1, 0.15) is 26.2 Å². The van der Waals surface area contributed by atoms with E-state index in [2.05, 4.69) is 21.2 Å². The summed E-state index contributed by atoms with van der Waals surface area (Å²) in [5.41, 5.74) is 0. The zero-order chi connectivity index (χ0) is 15.7. The summed E-state index contributed by atoms with van der Waals surface area (Å²) in [6.45, 7) is 2.47. The van der Waals surface area contributed by atoms with E-state index in [1.807, 2.05) is 24.3 Å². The monoisotopic (exact) mass is 357 g/mol. The van der Waals surface area contributed by atoms with Crippen LogP contribution in [0.25, 0.3) is 0 Å². The lowest BCUT2D eigenvalue weighted by Gasteiger charge is -2.08. The number of carbonyl (C=O) groups excluding carboxylic acids is 1. The first kappa shape index (κ1) is 17.5. The van der Waals surface area contributed by atoms with Gasteiger partial charge in [0.05, 0.1) is 18.9 Å². The fraction of sp³-hybridized carbons (Fsp3) is 0.467. The van der Waals surface area contributed by atoms with Crippen molar-refractivity contribution in [2.45, 2.75) is 26.2 Å². The Morgan fingerprint density at radius 3 is 2.86 bits per heavy atom. The third kappa shape index (κ3) is 7.70. The minimum absolute atomic E-state index is 0.0898. The lowest BCUT2D eigenvalue weighted by Crippen LogP contribution is -2.26. The van der Waals surface area contributed by atoms with Gasteiger partial charge in [-0.3, -0.25) is 9.59 Å². The predicted molar refractivity (Wildman–Crippen MR) is 83.3 cm³/mol. The van der Waals surface area contributed by atoms with Crippen LogP contribution in [0.3, 0.4) is 0 Å². The second kappa shape index (κ2) is 9.39. The number of hydrogen-bond acceptors (Lipinski definition) is 3. The lowest BCUT2D eigenvalue weighted by molar-refractivity contribution is -0.141. The molecule has 1 amide bonds. The predicted octanol–water partition coefficient (Wildman–Crippen LogP) is 2.84. The maximum absolute atomic E-state index is 11.6. The van der Waals surface area contributed by atoms with Gasteiger partial charge in [-0.05, 0) is 31.0 Å². The molecule has 5 nitrogen and oxygen atoms in total. The van der Waals surface area contributed by atoms with Crippen LogP contribution in [0, 0.1) is 5.92 Å². The molecule has 1 unspecified atom stereocenters. The summed E-state index contributed by atoms with van der Waals surface area (Å²) >= 11 is 3.35. The number of aliphatic carboxylic acids is 1. The number of halogens is 1. The molecule has 21 heavy (non-hydrogen) atoms. The smallest absolute Gasteiger partial charge is 0.306 e. The molecular formula is C15H20BrNO4. The minimum Gasteiger partial charge on any atom is -0.493 e. The van der Waals surface area contributed by atoms with E-state index in [1.165, 1.54) is 0 Å². The van der Waals surface area contributed by atoms with Crippen molar-refractivity contribution in [1.29, 1.82) is 0 Å². The molecule has 1 rings (SSSR count). The van der Waals surface area contributed by atoms with Gasteiger partial charge in [-0.25, -0.2) is 0 Å². The molecule has 0 aliphatic carbocycles. The van der Waals surface area contributed by atoms with Crippen molar-refractivity contribution in [2.24, 2.45) is 5.92 Å². The number of ether oxygens (including phenoxy) is 1. The van der Waals surface area contributed by atoms with Crippen molar-refractivity contribution in [3.05, 3.63) is 28.7 Å². The van der Waals surface area contributed by atoms with E-state index in [0.717, 1.165) is 4.47 Å². The molecule has 2 N–H and O–H groups in total. The zero-order valence-electron chi connectivity index (χ0n) is 12.0. The Morgan fingerprint density at radius 1 is 1.43 bits per heavy atom. The van der Waals surface area contributed by atoms with E-state index in [1.54, 1.807) is 6.92 Å². The number of nitrogens with one attached hydrogen (secondary N) is 1. The Balaban J connectivity index is 2.10. The molecule has 0 saturated heterocycles. The third-order valence-electron chi connectivity index (χ3n) is 2.95. The first-order valence-electron chi connectivity index (χ1n) is 6.87. The Kier molecular flexibility index (Phi) is 7.82. The Bertz CT molecular complexity index is 478. The summed E-state index contributed by atoms with van der Waals surface area (Å²) in [5.74, 6) is -0.550. The Morgan fingerprint density at radius 2 is 2.19 bits per heavy atom. The van der Waals surface area contributed by atoms with Crippen LogP contribution in [0.15, 0.2) is 28.7 Å². The first-order chi connectivity index (χ1) is 9.99. The highest BCUT2D eigenvalue weighted by Gasteiger charge is 2.10. The molecular weight excluding hydrogens is 338 g/mol. The Hall–Kier alpha value is -1.56. The Labute approximate surface area is 132 Å². The molecule has 0 bridgehead atoms. The number of carbonyl (C=O) groups is 2. The molecule has 0 heterocycles. The molecule has 116 valence electrons. The normalized spacial score (nSPS) is 11.7. The molecule has 0 aliphatic rings. The van der Waals surface area contributed by atoms with Crippen LogP contribution in [0.4, 0.5) is 0 Å². The molecule has 0 radical (unpaired) electrons. The maximum atomic E-state index is 11.6. The van der Waals surface area contributed by atoms with Gasteiger partial charge in [-0.2, -0.15) is 0 Å². The highest BCUT2D eigenvalue weighted by atomic mass is 79.9. The maximum Gasteiger partial charge on any atom is 0.306 e. The fourth-order valence-corrected chi connectivity index (χ4v) is 2.04. The number of rotatable bonds is 9. The van der Waals surface area contributed by atoms with Crippen LogP contribution in [-0.2, 0) is 9.59 Å². The fourth-order valence-electron chi connectivity index (χ4n) is 1.67. The molecule has 1 aromatic carbocycles. The number of carboxylic acids is 1. The van der Waals surface area contributed by atoms with Crippen LogP contribution >= 0.6 is 15.9 Å². The van der Waals surface area contributed by atoms with Gasteiger partial charge in [0.2, 0.25) is 5.91 Å². The standard InChI is InChI=1S/C15H20BrNO4/c1-11(15(19)20)4-3-8-17-14(18)7-9-21-13-6-2-5-12(16)10-13/h2,5-6,10-11H,3-4,7-9H2,1H3,(H,17,18)(H,19,20). The van der Waals surface area contributed by atoms with Gasteiger partial charge in [-0.1, -0.05) is 28.9 Å². The second-order valence-electron chi connectivity index (χ2n) is 4.79. The van der Waals surface area contributed by atoms with E-state index < -0.39 is 5.97 Å². The second-order valence-corrected chi connectivity index (χ2v) is 5.70. The van der Waals surface area contributed by atoms with Crippen molar-refractivity contribution in [2.75, 3.05) is 13.2 Å². The van der Waals surface area contributed by atoms with E-state index in [-0.39, 0.29) is 18.2 Å². The van der Waals surface area contributed by atoms with Gasteiger partial charge >= 0.3 is 5.97 Å². The van der Waals surface area contributed by atoms with E-state index in [4.69, 9.17) is 9.84 Å². The van der Waals surface area contributed by atoms with Gasteiger partial charge < -0.3 is 15.2 Å². The van der Waals surface area contributed by atoms with Crippen LogP contribution in [0.2, 0.25) is 0 Å². The van der Waals surface area contributed by atoms with E-state index in [0.29, 0.717) is 31.7 Å². The van der Waals surface area contributed by atoms with Gasteiger partial charge in [0.15, 0.2) is 0 Å².